The minimum absolute atomic E-state index is 0.0283. The predicted molar refractivity (Wildman–Crippen MR) is 79.4 cm³/mol. The average molecular weight is 368 g/mol. The zero-order valence-corrected chi connectivity index (χ0v) is 13.6. The molecule has 0 amide bonds. The first kappa shape index (κ1) is 15.3. The molecule has 2 unspecified atom stereocenters. The Morgan fingerprint density at radius 3 is 2.74 bits per heavy atom. The second kappa shape index (κ2) is 6.11. The van der Waals surface area contributed by atoms with Gasteiger partial charge in [-0.05, 0) is 59.6 Å². The molecule has 3 nitrogen and oxygen atoms in total. The summed E-state index contributed by atoms with van der Waals surface area (Å²) in [4.78, 5) is 0.0847. The molecule has 1 aliphatic carbocycles. The predicted octanol–water partition coefficient (Wildman–Crippen LogP) is 3.15. The van der Waals surface area contributed by atoms with Crippen molar-refractivity contribution in [1.82, 2.24) is 4.72 Å². The summed E-state index contributed by atoms with van der Waals surface area (Å²) in [7, 11) is -3.60. The van der Waals surface area contributed by atoms with E-state index in [1.807, 2.05) is 6.26 Å². The number of halogens is 2. The van der Waals surface area contributed by atoms with Crippen LogP contribution in [0, 0.1) is 5.82 Å². The first-order chi connectivity index (χ1) is 8.92. The number of hydrogen-bond donors (Lipinski definition) is 1. The van der Waals surface area contributed by atoms with Gasteiger partial charge in [-0.15, -0.1) is 0 Å². The summed E-state index contributed by atoms with van der Waals surface area (Å²) in [6, 6.07) is 3.56. The molecule has 1 N–H and O–H groups in total. The van der Waals surface area contributed by atoms with Crippen molar-refractivity contribution in [2.24, 2.45) is 0 Å². The highest BCUT2D eigenvalue weighted by Gasteiger charge is 2.29. The number of benzene rings is 1. The molecule has 0 bridgehead atoms. The number of thioether (sulfide) groups is 1. The van der Waals surface area contributed by atoms with Crippen molar-refractivity contribution >= 4 is 37.7 Å². The number of rotatable bonds is 4. The van der Waals surface area contributed by atoms with Crippen LogP contribution in [0.2, 0.25) is 0 Å². The van der Waals surface area contributed by atoms with Crippen LogP contribution in [-0.2, 0) is 10.0 Å². The summed E-state index contributed by atoms with van der Waals surface area (Å²) in [5, 5.41) is 0.518. The maximum atomic E-state index is 13.0. The largest absolute Gasteiger partial charge is 0.241 e. The fourth-order valence-electron chi connectivity index (χ4n) is 2.24. The molecule has 2 atom stereocenters. The van der Waals surface area contributed by atoms with E-state index in [1.165, 1.54) is 6.07 Å². The number of sulfonamides is 1. The van der Waals surface area contributed by atoms with E-state index in [2.05, 4.69) is 20.7 Å². The molecule has 0 aliphatic heterocycles. The lowest BCUT2D eigenvalue weighted by atomic mass is 10.3. The molecular formula is C12H15BrFNO2S2. The zero-order chi connectivity index (χ0) is 14.0. The van der Waals surface area contributed by atoms with Gasteiger partial charge >= 0.3 is 0 Å². The van der Waals surface area contributed by atoms with Gasteiger partial charge in [0.25, 0.3) is 0 Å². The summed E-state index contributed by atoms with van der Waals surface area (Å²) in [5.74, 6) is -0.464. The second-order valence-electron chi connectivity index (χ2n) is 4.56. The Balaban J connectivity index is 2.14. The van der Waals surface area contributed by atoms with Crippen LogP contribution >= 0.6 is 27.7 Å². The molecule has 1 fully saturated rings. The van der Waals surface area contributed by atoms with E-state index in [-0.39, 0.29) is 15.4 Å². The number of hydrogen-bond acceptors (Lipinski definition) is 3. The lowest BCUT2D eigenvalue weighted by molar-refractivity contribution is 0.551. The van der Waals surface area contributed by atoms with Crippen molar-refractivity contribution in [3.8, 4) is 0 Å². The minimum atomic E-state index is -3.60. The van der Waals surface area contributed by atoms with E-state index in [1.54, 1.807) is 11.8 Å². The highest BCUT2D eigenvalue weighted by Crippen LogP contribution is 2.30. The van der Waals surface area contributed by atoms with Gasteiger partial charge in [0.1, 0.15) is 5.82 Å². The minimum Gasteiger partial charge on any atom is -0.208 e. The van der Waals surface area contributed by atoms with E-state index in [0.29, 0.717) is 5.25 Å². The third kappa shape index (κ3) is 3.71. The molecule has 1 saturated carbocycles. The normalized spacial score (nSPS) is 23.7. The lowest BCUT2D eigenvalue weighted by Gasteiger charge is -2.14. The van der Waals surface area contributed by atoms with Crippen molar-refractivity contribution in [2.45, 2.75) is 35.4 Å². The molecule has 1 aromatic rings. The van der Waals surface area contributed by atoms with Crippen LogP contribution < -0.4 is 4.72 Å². The zero-order valence-electron chi connectivity index (χ0n) is 10.4. The van der Waals surface area contributed by atoms with Gasteiger partial charge in [-0.1, -0.05) is 0 Å². The van der Waals surface area contributed by atoms with E-state index in [4.69, 9.17) is 0 Å². The maximum Gasteiger partial charge on any atom is 0.241 e. The molecule has 0 spiro atoms. The van der Waals surface area contributed by atoms with Crippen molar-refractivity contribution in [3.05, 3.63) is 28.5 Å². The van der Waals surface area contributed by atoms with Gasteiger partial charge in [-0.25, -0.2) is 17.5 Å². The Morgan fingerprint density at radius 1 is 1.42 bits per heavy atom. The van der Waals surface area contributed by atoms with Crippen LogP contribution in [0.25, 0.3) is 0 Å². The summed E-state index contributed by atoms with van der Waals surface area (Å²) in [5.41, 5.74) is 0. The first-order valence-corrected chi connectivity index (χ1v) is 9.49. The Hall–Kier alpha value is -0.110. The average Bonchev–Trinajstić information content (AvgIpc) is 2.75. The third-order valence-electron chi connectivity index (χ3n) is 3.22. The van der Waals surface area contributed by atoms with Crippen molar-refractivity contribution in [1.29, 1.82) is 0 Å². The van der Waals surface area contributed by atoms with Gasteiger partial charge < -0.3 is 0 Å². The van der Waals surface area contributed by atoms with Gasteiger partial charge in [0.15, 0.2) is 0 Å². The SMILES string of the molecule is CSC1CCC(NS(=O)(=O)c2ccc(F)cc2Br)C1. The summed E-state index contributed by atoms with van der Waals surface area (Å²) >= 11 is 4.86. The molecule has 1 aliphatic rings. The molecule has 0 heterocycles. The van der Waals surface area contributed by atoms with Crippen molar-refractivity contribution in [2.75, 3.05) is 6.26 Å². The molecule has 106 valence electrons. The van der Waals surface area contributed by atoms with E-state index >= 15 is 0 Å². The standard InChI is InChI=1S/C12H15BrFNO2S2/c1-18-10-4-3-9(7-10)15-19(16,17)12-5-2-8(14)6-11(12)13/h2,5-6,9-10,15H,3-4,7H2,1H3. The molecular weight excluding hydrogens is 353 g/mol. The van der Waals surface area contributed by atoms with Crippen LogP contribution in [0.3, 0.4) is 0 Å². The summed E-state index contributed by atoms with van der Waals surface area (Å²) < 4.78 is 40.4. The molecule has 1 aromatic carbocycles. The Morgan fingerprint density at radius 2 is 2.16 bits per heavy atom. The van der Waals surface area contributed by atoms with E-state index in [9.17, 15) is 12.8 Å². The van der Waals surface area contributed by atoms with E-state index < -0.39 is 15.8 Å². The van der Waals surface area contributed by atoms with Gasteiger partial charge in [0.2, 0.25) is 10.0 Å². The molecule has 19 heavy (non-hydrogen) atoms. The fraction of sp³-hybridized carbons (Fsp3) is 0.500. The van der Waals surface area contributed by atoms with E-state index in [0.717, 1.165) is 31.4 Å². The van der Waals surface area contributed by atoms with Gasteiger partial charge in [-0.3, -0.25) is 0 Å². The maximum absolute atomic E-state index is 13.0. The second-order valence-corrected chi connectivity index (χ2v) is 8.24. The monoisotopic (exact) mass is 367 g/mol. The van der Waals surface area contributed by atoms with Crippen molar-refractivity contribution in [3.63, 3.8) is 0 Å². The highest BCUT2D eigenvalue weighted by molar-refractivity contribution is 9.10. The summed E-state index contributed by atoms with van der Waals surface area (Å²) in [6.45, 7) is 0. The van der Waals surface area contributed by atoms with Crippen LogP contribution in [0.15, 0.2) is 27.6 Å². The van der Waals surface area contributed by atoms with Crippen LogP contribution in [-0.4, -0.2) is 26.0 Å². The molecule has 2 rings (SSSR count). The Kier molecular flexibility index (Phi) is 4.92. The first-order valence-electron chi connectivity index (χ1n) is 5.92. The van der Waals surface area contributed by atoms with Gasteiger partial charge in [0.05, 0.1) is 4.90 Å². The molecule has 0 aromatic heterocycles. The third-order valence-corrected chi connectivity index (χ3v) is 6.82. The molecule has 0 saturated heterocycles. The topological polar surface area (TPSA) is 46.2 Å². The Labute approximate surface area is 125 Å². The highest BCUT2D eigenvalue weighted by atomic mass is 79.9. The van der Waals surface area contributed by atoms with Crippen LogP contribution in [0.5, 0.6) is 0 Å². The number of nitrogens with one attached hydrogen (secondary N) is 1. The van der Waals surface area contributed by atoms with Crippen molar-refractivity contribution < 1.29 is 12.8 Å². The molecule has 7 heteroatoms. The summed E-state index contributed by atoms with van der Waals surface area (Å²) in [6.07, 6.45) is 4.76. The lowest BCUT2D eigenvalue weighted by Crippen LogP contribution is -2.33. The van der Waals surface area contributed by atoms with Gasteiger partial charge in [0, 0.05) is 15.8 Å². The van der Waals surface area contributed by atoms with Gasteiger partial charge in [-0.2, -0.15) is 11.8 Å². The van der Waals surface area contributed by atoms with Crippen LogP contribution in [0.1, 0.15) is 19.3 Å². The Bertz CT molecular complexity index is 565. The molecule has 0 radical (unpaired) electrons. The van der Waals surface area contributed by atoms with Crippen LogP contribution in [0.4, 0.5) is 4.39 Å². The fourth-order valence-corrected chi connectivity index (χ4v) is 5.37. The quantitative estimate of drug-likeness (QED) is 0.888. The smallest absolute Gasteiger partial charge is 0.208 e.